The van der Waals surface area contributed by atoms with Gasteiger partial charge in [0.05, 0.1) is 11.1 Å². The van der Waals surface area contributed by atoms with Crippen molar-refractivity contribution in [2.24, 2.45) is 5.41 Å². The molecule has 22 heavy (non-hydrogen) atoms. The van der Waals surface area contributed by atoms with Crippen molar-refractivity contribution in [1.82, 2.24) is 5.06 Å². The smallest absolute Gasteiger partial charge is 0.0775 e. The number of hydrogen-bond donors (Lipinski definition) is 0. The molecule has 0 aromatic heterocycles. The summed E-state index contributed by atoms with van der Waals surface area (Å²) < 4.78 is 0. The van der Waals surface area contributed by atoms with Gasteiger partial charge in [0.1, 0.15) is 0 Å². The summed E-state index contributed by atoms with van der Waals surface area (Å²) >= 11 is 0. The highest BCUT2D eigenvalue weighted by Gasteiger charge is 2.62. The Hall–Kier alpha value is -1.64. The average Bonchev–Trinajstić information content (AvgIpc) is 2.68. The van der Waals surface area contributed by atoms with Crippen LogP contribution in [0.1, 0.15) is 45.2 Å². The van der Waals surface area contributed by atoms with Crippen LogP contribution in [0, 0.1) is 5.41 Å². The Bertz CT molecular complexity index is 652. The van der Waals surface area contributed by atoms with Gasteiger partial charge in [-0.15, -0.1) is 10.3 Å². The van der Waals surface area contributed by atoms with Crippen LogP contribution in [0.2, 0.25) is 0 Å². The lowest BCUT2D eigenvalue weighted by atomic mass is 9.69. The standard InChI is InChI=1S/C20H24NO/c1-18(2)15-19(3,16-11-7-5-8-12-16)21(22)20(18,4)17-13-9-6-10-14-17/h5-14H,15H2,1-4H3. The summed E-state index contributed by atoms with van der Waals surface area (Å²) in [5.74, 6) is 0. The van der Waals surface area contributed by atoms with Gasteiger partial charge in [-0.3, -0.25) is 0 Å². The van der Waals surface area contributed by atoms with Crippen LogP contribution in [0.25, 0.3) is 0 Å². The fourth-order valence-electron chi connectivity index (χ4n) is 4.16. The van der Waals surface area contributed by atoms with Crippen molar-refractivity contribution < 1.29 is 5.21 Å². The van der Waals surface area contributed by atoms with Crippen LogP contribution < -0.4 is 0 Å². The van der Waals surface area contributed by atoms with Gasteiger partial charge in [0.2, 0.25) is 0 Å². The molecule has 0 saturated carbocycles. The van der Waals surface area contributed by atoms with Crippen LogP contribution in [-0.2, 0) is 16.3 Å². The molecule has 1 aliphatic rings. The van der Waals surface area contributed by atoms with Crippen molar-refractivity contribution in [1.29, 1.82) is 0 Å². The molecule has 0 aliphatic carbocycles. The van der Waals surface area contributed by atoms with Crippen molar-refractivity contribution in [3.05, 3.63) is 71.8 Å². The van der Waals surface area contributed by atoms with E-state index in [0.717, 1.165) is 17.5 Å². The lowest BCUT2D eigenvalue weighted by molar-refractivity contribution is -0.269. The topological polar surface area (TPSA) is 23.1 Å². The summed E-state index contributed by atoms with van der Waals surface area (Å²) in [6, 6.07) is 20.3. The van der Waals surface area contributed by atoms with E-state index >= 15 is 0 Å². The number of hydrogen-bond acceptors (Lipinski definition) is 1. The lowest BCUT2D eigenvalue weighted by Gasteiger charge is -2.42. The molecule has 115 valence electrons. The zero-order chi connectivity index (χ0) is 16.0. The third-order valence-corrected chi connectivity index (χ3v) is 5.69. The van der Waals surface area contributed by atoms with E-state index in [4.69, 9.17) is 0 Å². The predicted molar refractivity (Wildman–Crippen MR) is 88.5 cm³/mol. The summed E-state index contributed by atoms with van der Waals surface area (Å²) in [6.07, 6.45) is 0.832. The van der Waals surface area contributed by atoms with Crippen LogP contribution in [-0.4, -0.2) is 5.06 Å². The average molecular weight is 294 g/mol. The van der Waals surface area contributed by atoms with Crippen molar-refractivity contribution >= 4 is 0 Å². The van der Waals surface area contributed by atoms with Crippen molar-refractivity contribution in [3.63, 3.8) is 0 Å². The molecule has 1 radical (unpaired) electrons. The van der Waals surface area contributed by atoms with E-state index in [1.807, 2.05) is 36.4 Å². The molecule has 2 aromatic rings. The van der Waals surface area contributed by atoms with E-state index in [1.54, 1.807) is 0 Å². The van der Waals surface area contributed by atoms with Gasteiger partial charge in [0.15, 0.2) is 0 Å². The van der Waals surface area contributed by atoms with Gasteiger partial charge < -0.3 is 0 Å². The Kier molecular flexibility index (Phi) is 3.42. The molecular weight excluding hydrogens is 270 g/mol. The van der Waals surface area contributed by atoms with E-state index < -0.39 is 11.1 Å². The molecule has 0 amide bonds. The first-order valence-corrected chi connectivity index (χ1v) is 7.91. The van der Waals surface area contributed by atoms with E-state index in [9.17, 15) is 5.21 Å². The second-order valence-corrected chi connectivity index (χ2v) is 7.43. The lowest BCUT2D eigenvalue weighted by Crippen LogP contribution is -2.48. The second-order valence-electron chi connectivity index (χ2n) is 7.43. The van der Waals surface area contributed by atoms with Gasteiger partial charge in [-0.1, -0.05) is 74.5 Å². The van der Waals surface area contributed by atoms with Gasteiger partial charge in [-0.25, -0.2) is 0 Å². The van der Waals surface area contributed by atoms with E-state index in [2.05, 4.69) is 52.0 Å². The monoisotopic (exact) mass is 294 g/mol. The Balaban J connectivity index is 2.14. The Morgan fingerprint density at radius 2 is 1.23 bits per heavy atom. The number of hydroxylamine groups is 2. The predicted octanol–water partition coefficient (Wildman–Crippen LogP) is 4.89. The zero-order valence-electron chi connectivity index (χ0n) is 13.8. The van der Waals surface area contributed by atoms with Gasteiger partial charge in [-0.05, 0) is 36.8 Å². The van der Waals surface area contributed by atoms with E-state index in [0.29, 0.717) is 0 Å². The molecule has 2 heteroatoms. The quantitative estimate of drug-likeness (QED) is 0.773. The highest BCUT2D eigenvalue weighted by molar-refractivity contribution is 5.34. The summed E-state index contributed by atoms with van der Waals surface area (Å²) in [4.78, 5) is 0. The molecule has 0 N–H and O–H groups in total. The van der Waals surface area contributed by atoms with Gasteiger partial charge in [-0.2, -0.15) is 0 Å². The highest BCUT2D eigenvalue weighted by atomic mass is 16.5. The Labute approximate surface area is 133 Å². The van der Waals surface area contributed by atoms with Crippen molar-refractivity contribution in [3.8, 4) is 0 Å². The molecule has 2 atom stereocenters. The fraction of sp³-hybridized carbons (Fsp3) is 0.400. The van der Waals surface area contributed by atoms with E-state index in [1.165, 1.54) is 5.06 Å². The van der Waals surface area contributed by atoms with Crippen LogP contribution in [0.15, 0.2) is 60.7 Å². The van der Waals surface area contributed by atoms with Crippen molar-refractivity contribution in [2.45, 2.75) is 45.2 Å². The fourth-order valence-corrected chi connectivity index (χ4v) is 4.16. The second kappa shape index (κ2) is 4.94. The van der Waals surface area contributed by atoms with Gasteiger partial charge in [0.25, 0.3) is 0 Å². The molecule has 3 rings (SSSR count). The number of benzene rings is 2. The first-order valence-electron chi connectivity index (χ1n) is 7.91. The summed E-state index contributed by atoms with van der Waals surface area (Å²) in [5, 5.41) is 14.8. The minimum absolute atomic E-state index is 0.124. The number of rotatable bonds is 2. The molecular formula is C20H24NO. The minimum atomic E-state index is -0.543. The Morgan fingerprint density at radius 3 is 1.73 bits per heavy atom. The third kappa shape index (κ3) is 1.94. The SMILES string of the molecule is CC1(c2ccccc2)CC(C)(C)C(C)(c2ccccc2)N1[O]. The maximum absolute atomic E-state index is 13.5. The third-order valence-electron chi connectivity index (χ3n) is 5.69. The van der Waals surface area contributed by atoms with Crippen LogP contribution in [0.3, 0.4) is 0 Å². The minimum Gasteiger partial charge on any atom is -0.134 e. The summed E-state index contributed by atoms with van der Waals surface area (Å²) in [6.45, 7) is 8.58. The summed E-state index contributed by atoms with van der Waals surface area (Å²) in [7, 11) is 0. The summed E-state index contributed by atoms with van der Waals surface area (Å²) in [5.41, 5.74) is 1.02. The van der Waals surface area contributed by atoms with Gasteiger partial charge in [0, 0.05) is 0 Å². The van der Waals surface area contributed by atoms with Crippen LogP contribution >= 0.6 is 0 Å². The first kappa shape index (κ1) is 15.3. The maximum atomic E-state index is 13.5. The molecule has 0 spiro atoms. The zero-order valence-corrected chi connectivity index (χ0v) is 13.8. The molecule has 1 fully saturated rings. The largest absolute Gasteiger partial charge is 0.134 e. The first-order chi connectivity index (χ1) is 10.3. The molecule has 2 aromatic carbocycles. The Morgan fingerprint density at radius 1 is 0.773 bits per heavy atom. The van der Waals surface area contributed by atoms with Crippen LogP contribution in [0.4, 0.5) is 0 Å². The van der Waals surface area contributed by atoms with Gasteiger partial charge >= 0.3 is 0 Å². The molecule has 1 heterocycles. The van der Waals surface area contributed by atoms with Crippen molar-refractivity contribution in [2.75, 3.05) is 0 Å². The molecule has 1 saturated heterocycles. The maximum Gasteiger partial charge on any atom is 0.0775 e. The molecule has 2 unspecified atom stereocenters. The number of nitrogens with zero attached hydrogens (tertiary/aromatic N) is 1. The molecule has 1 aliphatic heterocycles. The molecule has 0 bridgehead atoms. The molecule has 2 nitrogen and oxygen atoms in total. The van der Waals surface area contributed by atoms with E-state index in [-0.39, 0.29) is 5.41 Å². The highest BCUT2D eigenvalue weighted by Crippen LogP contribution is 2.60. The normalized spacial score (nSPS) is 31.3. The van der Waals surface area contributed by atoms with Crippen LogP contribution in [0.5, 0.6) is 0 Å².